The van der Waals surface area contributed by atoms with Crippen LogP contribution in [0.5, 0.6) is 0 Å². The van der Waals surface area contributed by atoms with Crippen molar-refractivity contribution in [3.8, 4) is 0 Å². The zero-order chi connectivity index (χ0) is 26.7. The molecule has 1 unspecified atom stereocenters. The number of nitrogens with zero attached hydrogens (tertiary/aromatic N) is 3. The Hall–Kier alpha value is -3.67. The number of amides is 4. The largest absolute Gasteiger partial charge is 0.433 e. The molecule has 4 amide bonds. The number of esters is 1. The number of cyclic esters (lactones) is 1. The Bertz CT molecular complexity index is 1060. The van der Waals surface area contributed by atoms with E-state index < -0.39 is 48.1 Å². The summed E-state index contributed by atoms with van der Waals surface area (Å²) in [4.78, 5) is 66.4. The smallest absolute Gasteiger partial charge is 0.310 e. The van der Waals surface area contributed by atoms with E-state index in [1.807, 2.05) is 19.0 Å². The summed E-state index contributed by atoms with van der Waals surface area (Å²) in [6.45, 7) is 2.34. The normalized spacial score (nSPS) is 25.8. The molecular weight excluding hydrogens is 482 g/mol. The summed E-state index contributed by atoms with van der Waals surface area (Å²) in [6.07, 6.45) is 0.0715. The number of hydrogen-bond donors (Lipinski definition) is 2. The molecule has 200 valence electrons. The maximum Gasteiger partial charge on any atom is 0.310 e. The van der Waals surface area contributed by atoms with Crippen molar-refractivity contribution in [2.24, 2.45) is 0 Å². The molecule has 3 aliphatic rings. The number of nitrogens with one attached hydrogen (secondary N) is 2. The van der Waals surface area contributed by atoms with Crippen molar-refractivity contribution in [3.63, 3.8) is 0 Å². The van der Waals surface area contributed by atoms with Crippen LogP contribution in [0.15, 0.2) is 24.3 Å². The Morgan fingerprint density at radius 3 is 2.51 bits per heavy atom. The zero-order valence-corrected chi connectivity index (χ0v) is 21.3. The van der Waals surface area contributed by atoms with Gasteiger partial charge in [-0.1, -0.05) is 0 Å². The molecule has 4 atom stereocenters. The standard InChI is InChI=1S/C25H33N5O7/c1-4-36-25-18(14-21(32)37-25)27-23(34)19-6-5-13-29-20(31)12-11-17(24(35)30(19)29)26-22(33)15-7-9-16(10-8-15)28(2)3/h7-10,17-19,25H,4-6,11-14H2,1-3H3,(H,26,33)(H,27,34)/t17-,18-,19-,25?/m0/s1. The molecule has 0 spiro atoms. The molecule has 3 fully saturated rings. The molecule has 0 saturated carbocycles. The second kappa shape index (κ2) is 11.2. The van der Waals surface area contributed by atoms with Gasteiger partial charge in [0.15, 0.2) is 0 Å². The molecule has 2 N–H and O–H groups in total. The van der Waals surface area contributed by atoms with Gasteiger partial charge in [-0.15, -0.1) is 0 Å². The van der Waals surface area contributed by atoms with E-state index in [1.54, 1.807) is 31.2 Å². The van der Waals surface area contributed by atoms with Crippen LogP contribution in [0.25, 0.3) is 0 Å². The van der Waals surface area contributed by atoms with Crippen LogP contribution in [0, 0.1) is 0 Å². The van der Waals surface area contributed by atoms with Gasteiger partial charge in [-0.05, 0) is 50.5 Å². The van der Waals surface area contributed by atoms with Crippen LogP contribution in [0.4, 0.5) is 5.69 Å². The van der Waals surface area contributed by atoms with Gasteiger partial charge in [0, 0.05) is 44.9 Å². The van der Waals surface area contributed by atoms with E-state index >= 15 is 0 Å². The Labute approximate surface area is 215 Å². The van der Waals surface area contributed by atoms with Crippen molar-refractivity contribution >= 4 is 35.3 Å². The van der Waals surface area contributed by atoms with Gasteiger partial charge in [-0.3, -0.25) is 29.0 Å². The van der Waals surface area contributed by atoms with E-state index in [0.29, 0.717) is 31.6 Å². The summed E-state index contributed by atoms with van der Waals surface area (Å²) < 4.78 is 10.5. The van der Waals surface area contributed by atoms with Crippen molar-refractivity contribution in [1.29, 1.82) is 0 Å². The molecule has 37 heavy (non-hydrogen) atoms. The first-order valence-electron chi connectivity index (χ1n) is 12.5. The molecule has 1 aromatic rings. The van der Waals surface area contributed by atoms with Crippen LogP contribution in [-0.4, -0.2) is 91.3 Å². The van der Waals surface area contributed by atoms with E-state index in [-0.39, 0.29) is 25.2 Å². The first kappa shape index (κ1) is 26.4. The molecule has 0 aliphatic carbocycles. The van der Waals surface area contributed by atoms with Crippen molar-refractivity contribution in [2.45, 2.75) is 63.4 Å². The van der Waals surface area contributed by atoms with Crippen LogP contribution in [0.3, 0.4) is 0 Å². The van der Waals surface area contributed by atoms with Gasteiger partial charge < -0.3 is 25.0 Å². The average molecular weight is 516 g/mol. The maximum atomic E-state index is 13.6. The van der Waals surface area contributed by atoms with Gasteiger partial charge in [-0.25, -0.2) is 5.01 Å². The SMILES string of the molecule is CCOC1OC(=O)C[C@@H]1NC(=O)[C@@H]1CCCN2C(=O)CC[C@H](NC(=O)c3ccc(N(C)C)cc3)C(=O)N12. The van der Waals surface area contributed by atoms with Crippen molar-refractivity contribution in [3.05, 3.63) is 29.8 Å². The van der Waals surface area contributed by atoms with Gasteiger partial charge in [0.25, 0.3) is 11.8 Å². The lowest BCUT2D eigenvalue weighted by Gasteiger charge is -2.43. The molecule has 0 bridgehead atoms. The van der Waals surface area contributed by atoms with Crippen LogP contribution in [0.2, 0.25) is 0 Å². The minimum absolute atomic E-state index is 0.0506. The summed E-state index contributed by atoms with van der Waals surface area (Å²) >= 11 is 0. The van der Waals surface area contributed by atoms with E-state index in [9.17, 15) is 24.0 Å². The Morgan fingerprint density at radius 2 is 1.84 bits per heavy atom. The van der Waals surface area contributed by atoms with Gasteiger partial charge in [0.2, 0.25) is 18.1 Å². The highest BCUT2D eigenvalue weighted by Gasteiger charge is 2.46. The Balaban J connectivity index is 1.50. The van der Waals surface area contributed by atoms with Gasteiger partial charge in [0.05, 0.1) is 6.42 Å². The Kier molecular flexibility index (Phi) is 7.96. The summed E-state index contributed by atoms with van der Waals surface area (Å²) in [5, 5.41) is 8.01. The number of ether oxygens (including phenoxy) is 2. The highest BCUT2D eigenvalue weighted by Crippen LogP contribution is 2.26. The predicted octanol–water partition coefficient (Wildman–Crippen LogP) is 0.174. The first-order valence-corrected chi connectivity index (χ1v) is 12.5. The molecule has 3 saturated heterocycles. The van der Waals surface area contributed by atoms with Crippen LogP contribution < -0.4 is 15.5 Å². The third-order valence-corrected chi connectivity index (χ3v) is 6.74. The number of hydrazine groups is 1. The lowest BCUT2D eigenvalue weighted by molar-refractivity contribution is -0.177. The molecule has 0 aromatic heterocycles. The predicted molar refractivity (Wildman–Crippen MR) is 131 cm³/mol. The molecule has 1 aromatic carbocycles. The third-order valence-electron chi connectivity index (χ3n) is 6.74. The monoisotopic (exact) mass is 515 g/mol. The fourth-order valence-electron chi connectivity index (χ4n) is 4.81. The Morgan fingerprint density at radius 1 is 1.11 bits per heavy atom. The minimum atomic E-state index is -0.976. The summed E-state index contributed by atoms with van der Waals surface area (Å²) in [7, 11) is 3.78. The quantitative estimate of drug-likeness (QED) is 0.491. The lowest BCUT2D eigenvalue weighted by Crippen LogP contribution is -2.64. The third kappa shape index (κ3) is 5.68. The van der Waals surface area contributed by atoms with Crippen molar-refractivity contribution < 1.29 is 33.4 Å². The molecule has 3 aliphatic heterocycles. The fraction of sp³-hybridized carbons (Fsp3) is 0.560. The number of carbonyl (C=O) groups excluding carboxylic acids is 5. The first-order chi connectivity index (χ1) is 17.7. The molecule has 3 heterocycles. The average Bonchev–Trinajstić information content (AvgIpc) is 3.17. The van der Waals surface area contributed by atoms with E-state index in [4.69, 9.17) is 9.47 Å². The summed E-state index contributed by atoms with van der Waals surface area (Å²) in [5.41, 5.74) is 1.30. The topological polar surface area (TPSA) is 138 Å². The minimum Gasteiger partial charge on any atom is -0.433 e. The molecule has 0 radical (unpaired) electrons. The second-order valence-electron chi connectivity index (χ2n) is 9.50. The number of fused-ring (bicyclic) bond motifs is 1. The number of rotatable bonds is 7. The molecule has 12 heteroatoms. The number of carbonyl (C=O) groups is 5. The zero-order valence-electron chi connectivity index (χ0n) is 21.3. The van der Waals surface area contributed by atoms with Gasteiger partial charge >= 0.3 is 5.97 Å². The summed E-state index contributed by atoms with van der Waals surface area (Å²) in [6, 6.07) is 4.28. The van der Waals surface area contributed by atoms with Crippen molar-refractivity contribution in [2.75, 3.05) is 32.1 Å². The second-order valence-corrected chi connectivity index (χ2v) is 9.50. The van der Waals surface area contributed by atoms with E-state index in [2.05, 4.69) is 10.6 Å². The highest BCUT2D eigenvalue weighted by molar-refractivity contribution is 6.00. The molecule has 12 nitrogen and oxygen atoms in total. The molecular formula is C25H33N5O7. The number of anilines is 1. The molecule has 4 rings (SSSR count). The maximum absolute atomic E-state index is 13.6. The van der Waals surface area contributed by atoms with E-state index in [1.165, 1.54) is 10.0 Å². The van der Waals surface area contributed by atoms with Gasteiger partial charge in [-0.2, -0.15) is 0 Å². The number of benzene rings is 1. The van der Waals surface area contributed by atoms with Crippen LogP contribution >= 0.6 is 0 Å². The van der Waals surface area contributed by atoms with Crippen LogP contribution in [0.1, 0.15) is 49.4 Å². The fourth-order valence-corrected chi connectivity index (χ4v) is 4.81. The number of hydrogen-bond acceptors (Lipinski definition) is 8. The lowest BCUT2D eigenvalue weighted by atomic mass is 10.0. The highest BCUT2D eigenvalue weighted by atomic mass is 16.7. The van der Waals surface area contributed by atoms with Crippen molar-refractivity contribution in [1.82, 2.24) is 20.7 Å². The van der Waals surface area contributed by atoms with Gasteiger partial charge in [0.1, 0.15) is 18.1 Å². The van der Waals surface area contributed by atoms with Crippen LogP contribution in [-0.2, 0) is 28.7 Å². The van der Waals surface area contributed by atoms with E-state index in [0.717, 1.165) is 5.69 Å². The summed E-state index contributed by atoms with van der Waals surface area (Å²) in [5.74, 6) is -2.25.